The number of hydrogen-bond acceptors (Lipinski definition) is 4. The second-order valence-corrected chi connectivity index (χ2v) is 5.65. The molecule has 22 heavy (non-hydrogen) atoms. The molecule has 1 aliphatic carbocycles. The molecule has 1 fully saturated rings. The topological polar surface area (TPSA) is 92.4 Å². The Kier molecular flexibility index (Phi) is 3.85. The van der Waals surface area contributed by atoms with Gasteiger partial charge in [-0.15, -0.1) is 0 Å². The van der Waals surface area contributed by atoms with Gasteiger partial charge in [-0.1, -0.05) is 28.9 Å². The van der Waals surface area contributed by atoms with Gasteiger partial charge < -0.3 is 14.9 Å². The molecule has 0 spiro atoms. The fourth-order valence-corrected chi connectivity index (χ4v) is 2.38. The van der Waals surface area contributed by atoms with E-state index >= 15 is 0 Å². The summed E-state index contributed by atoms with van der Waals surface area (Å²) >= 11 is 5.90. The Labute approximate surface area is 131 Å². The number of aromatic nitrogens is 1. The number of benzene rings is 1. The summed E-state index contributed by atoms with van der Waals surface area (Å²) in [6.45, 7) is 0. The molecule has 3 rings (SSSR count). The highest BCUT2D eigenvalue weighted by Gasteiger charge is 2.37. The van der Waals surface area contributed by atoms with Gasteiger partial charge in [0, 0.05) is 16.7 Å². The van der Waals surface area contributed by atoms with E-state index in [0.29, 0.717) is 16.3 Å². The van der Waals surface area contributed by atoms with E-state index in [0.717, 1.165) is 12.8 Å². The van der Waals surface area contributed by atoms with Gasteiger partial charge in [-0.25, -0.2) is 4.79 Å². The van der Waals surface area contributed by atoms with Gasteiger partial charge in [-0.2, -0.15) is 0 Å². The largest absolute Gasteiger partial charge is 0.480 e. The van der Waals surface area contributed by atoms with Crippen molar-refractivity contribution in [3.63, 3.8) is 0 Å². The number of nitrogens with zero attached hydrogens (tertiary/aromatic N) is 1. The predicted octanol–water partition coefficient (Wildman–Crippen LogP) is 2.59. The van der Waals surface area contributed by atoms with E-state index in [-0.39, 0.29) is 11.6 Å². The predicted molar refractivity (Wildman–Crippen MR) is 78.6 cm³/mol. The van der Waals surface area contributed by atoms with Gasteiger partial charge in [0.2, 0.25) is 0 Å². The fourth-order valence-electron chi connectivity index (χ4n) is 2.19. The van der Waals surface area contributed by atoms with Gasteiger partial charge >= 0.3 is 5.97 Å². The number of carboxylic acid groups (broad SMARTS) is 1. The molecule has 0 radical (unpaired) electrons. The van der Waals surface area contributed by atoms with Gasteiger partial charge in [0.25, 0.3) is 5.91 Å². The molecular weight excluding hydrogens is 308 g/mol. The van der Waals surface area contributed by atoms with E-state index < -0.39 is 17.9 Å². The Hall–Kier alpha value is -2.34. The highest BCUT2D eigenvalue weighted by molar-refractivity contribution is 6.30. The lowest BCUT2D eigenvalue weighted by molar-refractivity contribution is -0.139. The number of amides is 1. The van der Waals surface area contributed by atoms with Crippen molar-refractivity contribution in [1.82, 2.24) is 10.5 Å². The van der Waals surface area contributed by atoms with Crippen molar-refractivity contribution in [2.45, 2.75) is 18.9 Å². The first-order chi connectivity index (χ1) is 10.5. The number of carboxylic acids is 1. The van der Waals surface area contributed by atoms with E-state index in [1.165, 1.54) is 6.07 Å². The summed E-state index contributed by atoms with van der Waals surface area (Å²) in [7, 11) is 0. The highest BCUT2D eigenvalue weighted by Crippen LogP contribution is 2.33. The average Bonchev–Trinajstić information content (AvgIpc) is 3.19. The van der Waals surface area contributed by atoms with Crippen molar-refractivity contribution in [3.8, 4) is 11.3 Å². The molecule has 114 valence electrons. The maximum absolute atomic E-state index is 12.1. The number of hydrogen-bond donors (Lipinski definition) is 2. The molecule has 7 heteroatoms. The first-order valence-corrected chi connectivity index (χ1v) is 7.19. The molecule has 1 aromatic carbocycles. The van der Waals surface area contributed by atoms with Crippen LogP contribution in [0.15, 0.2) is 34.9 Å². The van der Waals surface area contributed by atoms with Crippen LogP contribution in [-0.4, -0.2) is 28.2 Å². The Balaban J connectivity index is 1.75. The van der Waals surface area contributed by atoms with E-state index in [9.17, 15) is 9.59 Å². The third-order valence-electron chi connectivity index (χ3n) is 3.50. The molecule has 0 aliphatic heterocycles. The van der Waals surface area contributed by atoms with Gasteiger partial charge in [-0.3, -0.25) is 4.79 Å². The van der Waals surface area contributed by atoms with Gasteiger partial charge in [0.1, 0.15) is 6.04 Å². The second-order valence-electron chi connectivity index (χ2n) is 5.21. The molecule has 1 atom stereocenters. The smallest absolute Gasteiger partial charge is 0.326 e. The molecule has 0 bridgehead atoms. The van der Waals surface area contributed by atoms with Crippen LogP contribution < -0.4 is 5.32 Å². The Morgan fingerprint density at radius 1 is 1.36 bits per heavy atom. The minimum atomic E-state index is -1.03. The lowest BCUT2D eigenvalue weighted by Gasteiger charge is -2.11. The second kappa shape index (κ2) is 5.81. The first-order valence-electron chi connectivity index (χ1n) is 6.81. The minimum absolute atomic E-state index is 0.000696. The quantitative estimate of drug-likeness (QED) is 0.883. The van der Waals surface area contributed by atoms with Crippen LogP contribution in [0, 0.1) is 5.92 Å². The van der Waals surface area contributed by atoms with Crippen molar-refractivity contribution in [3.05, 3.63) is 41.0 Å². The van der Waals surface area contributed by atoms with Crippen LogP contribution in [0.1, 0.15) is 23.3 Å². The number of carbonyl (C=O) groups excluding carboxylic acids is 1. The molecule has 0 saturated heterocycles. The number of carbonyl (C=O) groups is 2. The molecule has 1 amide bonds. The van der Waals surface area contributed by atoms with Crippen LogP contribution in [0.4, 0.5) is 0 Å². The van der Waals surface area contributed by atoms with Crippen LogP contribution >= 0.6 is 11.6 Å². The zero-order valence-corrected chi connectivity index (χ0v) is 12.2. The van der Waals surface area contributed by atoms with Crippen LogP contribution in [0.3, 0.4) is 0 Å². The van der Waals surface area contributed by atoms with Crippen molar-refractivity contribution >= 4 is 23.5 Å². The van der Waals surface area contributed by atoms with Crippen LogP contribution in [0.2, 0.25) is 5.02 Å². The van der Waals surface area contributed by atoms with Crippen LogP contribution in [0.25, 0.3) is 11.3 Å². The summed E-state index contributed by atoms with van der Waals surface area (Å²) in [6, 6.07) is 7.54. The molecule has 1 aromatic heterocycles. The maximum atomic E-state index is 12.1. The first kappa shape index (κ1) is 14.6. The molecule has 1 heterocycles. The Morgan fingerprint density at radius 2 is 2.14 bits per heavy atom. The van der Waals surface area contributed by atoms with Gasteiger partial charge in [-0.05, 0) is 30.9 Å². The van der Waals surface area contributed by atoms with Crippen molar-refractivity contribution < 1.29 is 19.2 Å². The Morgan fingerprint density at radius 3 is 2.77 bits per heavy atom. The van der Waals surface area contributed by atoms with Crippen LogP contribution in [-0.2, 0) is 4.79 Å². The van der Waals surface area contributed by atoms with E-state index in [4.69, 9.17) is 21.2 Å². The normalized spacial score (nSPS) is 15.3. The molecule has 6 nitrogen and oxygen atoms in total. The summed E-state index contributed by atoms with van der Waals surface area (Å²) in [5, 5.41) is 15.8. The number of rotatable bonds is 5. The third-order valence-corrected chi connectivity index (χ3v) is 3.73. The summed E-state index contributed by atoms with van der Waals surface area (Å²) in [5.74, 6) is -1.20. The Bertz CT molecular complexity index is 724. The molecule has 1 unspecified atom stereocenters. The fraction of sp³-hybridized carbons (Fsp3) is 0.267. The summed E-state index contributed by atoms with van der Waals surface area (Å²) < 4.78 is 5.13. The third kappa shape index (κ3) is 3.12. The minimum Gasteiger partial charge on any atom is -0.480 e. The molecule has 1 aliphatic rings. The van der Waals surface area contributed by atoms with Crippen molar-refractivity contribution in [1.29, 1.82) is 0 Å². The molecule has 1 saturated carbocycles. The van der Waals surface area contributed by atoms with E-state index in [2.05, 4.69) is 10.5 Å². The lowest BCUT2D eigenvalue weighted by Crippen LogP contribution is -2.42. The van der Waals surface area contributed by atoms with E-state index in [1.807, 2.05) is 0 Å². The monoisotopic (exact) mass is 320 g/mol. The van der Waals surface area contributed by atoms with Gasteiger partial charge in [0.05, 0.1) is 0 Å². The zero-order valence-electron chi connectivity index (χ0n) is 11.5. The number of halogens is 1. The van der Waals surface area contributed by atoms with Crippen LogP contribution in [0.5, 0.6) is 0 Å². The highest BCUT2D eigenvalue weighted by atomic mass is 35.5. The van der Waals surface area contributed by atoms with Crippen molar-refractivity contribution in [2.75, 3.05) is 0 Å². The molecule has 2 N–H and O–H groups in total. The maximum Gasteiger partial charge on any atom is 0.326 e. The summed E-state index contributed by atoms with van der Waals surface area (Å²) in [5.41, 5.74) is 0.734. The number of aliphatic carboxylic acids is 1. The molecular formula is C15H13ClN2O4. The number of nitrogens with one attached hydrogen (secondary N) is 1. The molecule has 2 aromatic rings. The van der Waals surface area contributed by atoms with Gasteiger partial charge in [0.15, 0.2) is 11.5 Å². The standard InChI is InChI=1S/C15H13ClN2O4/c16-10-3-1-2-9(6-10)12-7-11(18-22-12)14(19)17-13(15(20)21)8-4-5-8/h1-3,6-8,13H,4-5H2,(H,17,19)(H,20,21). The average molecular weight is 321 g/mol. The summed E-state index contributed by atoms with van der Waals surface area (Å²) in [4.78, 5) is 23.2. The zero-order chi connectivity index (χ0) is 15.7. The SMILES string of the molecule is O=C(NC(C(=O)O)C1CC1)c1cc(-c2cccc(Cl)c2)on1. The lowest BCUT2D eigenvalue weighted by atomic mass is 10.1. The van der Waals surface area contributed by atoms with Crippen molar-refractivity contribution in [2.24, 2.45) is 5.92 Å². The summed E-state index contributed by atoms with van der Waals surface area (Å²) in [6.07, 6.45) is 1.62. The van der Waals surface area contributed by atoms with E-state index in [1.54, 1.807) is 24.3 Å².